The van der Waals surface area contributed by atoms with Gasteiger partial charge >= 0.3 is 6.18 Å². The van der Waals surface area contributed by atoms with Gasteiger partial charge in [-0.3, -0.25) is 9.59 Å². The molecule has 0 aromatic heterocycles. The first-order valence-corrected chi connectivity index (χ1v) is 7.58. The lowest BCUT2D eigenvalue weighted by Gasteiger charge is -2.10. The lowest BCUT2D eigenvalue weighted by molar-refractivity contribution is -0.137. The summed E-state index contributed by atoms with van der Waals surface area (Å²) in [7, 11) is 0. The van der Waals surface area contributed by atoms with E-state index in [1.54, 1.807) is 12.1 Å². The molecule has 0 saturated heterocycles. The molecule has 0 bridgehead atoms. The zero-order valence-electron chi connectivity index (χ0n) is 13.5. The van der Waals surface area contributed by atoms with Crippen LogP contribution < -0.4 is 10.6 Å². The Labute approximate surface area is 143 Å². The van der Waals surface area contributed by atoms with E-state index in [1.165, 1.54) is 0 Å². The molecule has 2 aromatic carbocycles. The number of benzene rings is 2. The topological polar surface area (TPSA) is 58.2 Å². The highest BCUT2D eigenvalue weighted by Gasteiger charge is 2.30. The summed E-state index contributed by atoms with van der Waals surface area (Å²) in [5.74, 6) is -0.749. The summed E-state index contributed by atoms with van der Waals surface area (Å²) in [6, 6.07) is 11.1. The van der Waals surface area contributed by atoms with Crippen LogP contribution in [0.1, 0.15) is 31.8 Å². The van der Waals surface area contributed by atoms with Crippen LogP contribution in [-0.4, -0.2) is 24.9 Å². The Bertz CT molecular complexity index is 756. The molecular weight excluding hydrogens is 333 g/mol. The van der Waals surface area contributed by atoms with Crippen LogP contribution in [0.25, 0.3) is 0 Å². The zero-order chi connectivity index (χ0) is 18.4. The van der Waals surface area contributed by atoms with E-state index >= 15 is 0 Å². The number of hydrogen-bond acceptors (Lipinski definition) is 2. The minimum atomic E-state index is -4.44. The third-order valence-corrected chi connectivity index (χ3v) is 3.56. The van der Waals surface area contributed by atoms with Crippen LogP contribution in [0.15, 0.2) is 48.5 Å². The van der Waals surface area contributed by atoms with Crippen molar-refractivity contribution in [1.29, 1.82) is 0 Å². The Hall–Kier alpha value is -2.83. The fourth-order valence-electron chi connectivity index (χ4n) is 2.19. The third-order valence-electron chi connectivity index (χ3n) is 3.56. The van der Waals surface area contributed by atoms with Gasteiger partial charge in [0.1, 0.15) is 0 Å². The summed E-state index contributed by atoms with van der Waals surface area (Å²) < 4.78 is 37.4. The number of hydrogen-bond donors (Lipinski definition) is 2. The molecule has 4 nitrogen and oxygen atoms in total. The summed E-state index contributed by atoms with van der Waals surface area (Å²) in [5.41, 5.74) is 0.707. The van der Waals surface area contributed by atoms with E-state index in [1.807, 2.05) is 19.1 Å². The number of carbonyl (C=O) groups is 2. The zero-order valence-corrected chi connectivity index (χ0v) is 13.5. The van der Waals surface area contributed by atoms with Crippen molar-refractivity contribution in [3.05, 3.63) is 70.8 Å². The van der Waals surface area contributed by atoms with E-state index in [0.29, 0.717) is 5.56 Å². The van der Waals surface area contributed by atoms with Crippen molar-refractivity contribution in [3.63, 3.8) is 0 Å². The first-order valence-electron chi connectivity index (χ1n) is 7.58. The second kappa shape index (κ2) is 7.83. The van der Waals surface area contributed by atoms with Crippen LogP contribution in [0.3, 0.4) is 0 Å². The van der Waals surface area contributed by atoms with Gasteiger partial charge in [0.15, 0.2) is 0 Å². The standard InChI is InChI=1S/C18H17F3N2O2/c1-12-4-2-3-5-15(12)17(25)23-11-10-22-16(24)13-6-8-14(9-7-13)18(19,20)21/h2-9H,10-11H2,1H3,(H,22,24)(H,23,25). The van der Waals surface area contributed by atoms with E-state index in [9.17, 15) is 22.8 Å². The van der Waals surface area contributed by atoms with Crippen LogP contribution in [-0.2, 0) is 6.18 Å². The Morgan fingerprint density at radius 2 is 1.44 bits per heavy atom. The highest BCUT2D eigenvalue weighted by Crippen LogP contribution is 2.29. The molecule has 0 spiro atoms. The molecule has 0 saturated carbocycles. The summed E-state index contributed by atoms with van der Waals surface area (Å²) in [6.45, 7) is 2.19. The van der Waals surface area contributed by atoms with Gasteiger partial charge in [0.2, 0.25) is 0 Å². The van der Waals surface area contributed by atoms with E-state index in [-0.39, 0.29) is 24.6 Å². The van der Waals surface area contributed by atoms with Crippen molar-refractivity contribution in [2.45, 2.75) is 13.1 Å². The van der Waals surface area contributed by atoms with Gasteiger partial charge in [-0.15, -0.1) is 0 Å². The number of alkyl halides is 3. The number of halogens is 3. The molecule has 2 aromatic rings. The molecule has 0 radical (unpaired) electrons. The van der Waals surface area contributed by atoms with Crippen molar-refractivity contribution in [1.82, 2.24) is 10.6 Å². The lowest BCUT2D eigenvalue weighted by Crippen LogP contribution is -2.34. The lowest BCUT2D eigenvalue weighted by atomic mass is 10.1. The highest BCUT2D eigenvalue weighted by atomic mass is 19.4. The highest BCUT2D eigenvalue weighted by molar-refractivity contribution is 5.96. The molecule has 2 amide bonds. The minimum Gasteiger partial charge on any atom is -0.350 e. The largest absolute Gasteiger partial charge is 0.416 e. The monoisotopic (exact) mass is 350 g/mol. The van der Waals surface area contributed by atoms with Gasteiger partial charge < -0.3 is 10.6 Å². The Morgan fingerprint density at radius 3 is 2.00 bits per heavy atom. The Morgan fingerprint density at radius 1 is 0.880 bits per heavy atom. The van der Waals surface area contributed by atoms with Gasteiger partial charge in [-0.25, -0.2) is 0 Å². The molecule has 2 rings (SSSR count). The predicted octanol–water partition coefficient (Wildman–Crippen LogP) is 3.17. The van der Waals surface area contributed by atoms with Gasteiger partial charge in [0, 0.05) is 24.2 Å². The van der Waals surface area contributed by atoms with Crippen LogP contribution in [0.2, 0.25) is 0 Å². The van der Waals surface area contributed by atoms with Gasteiger partial charge in [-0.2, -0.15) is 13.2 Å². The average molecular weight is 350 g/mol. The first kappa shape index (κ1) is 18.5. The van der Waals surface area contributed by atoms with Gasteiger partial charge in [-0.1, -0.05) is 18.2 Å². The molecule has 0 aliphatic heterocycles. The maximum Gasteiger partial charge on any atom is 0.416 e. The van der Waals surface area contributed by atoms with Crippen molar-refractivity contribution < 1.29 is 22.8 Å². The number of amides is 2. The molecule has 0 heterocycles. The van der Waals surface area contributed by atoms with Crippen LogP contribution in [0.4, 0.5) is 13.2 Å². The fraction of sp³-hybridized carbons (Fsp3) is 0.222. The van der Waals surface area contributed by atoms with Crippen molar-refractivity contribution in [3.8, 4) is 0 Å². The molecule has 0 aliphatic carbocycles. The van der Waals surface area contributed by atoms with Gasteiger partial charge in [0.05, 0.1) is 5.56 Å². The van der Waals surface area contributed by atoms with Crippen molar-refractivity contribution >= 4 is 11.8 Å². The molecule has 132 valence electrons. The SMILES string of the molecule is Cc1ccccc1C(=O)NCCNC(=O)c1ccc(C(F)(F)F)cc1. The summed E-state index contributed by atoms with van der Waals surface area (Å²) in [6.07, 6.45) is -4.44. The molecule has 0 aliphatic rings. The molecule has 0 atom stereocenters. The fourth-order valence-corrected chi connectivity index (χ4v) is 2.19. The van der Waals surface area contributed by atoms with E-state index < -0.39 is 17.6 Å². The normalized spacial score (nSPS) is 11.0. The maximum atomic E-state index is 12.5. The van der Waals surface area contributed by atoms with E-state index in [4.69, 9.17) is 0 Å². The second-order valence-corrected chi connectivity index (χ2v) is 5.40. The summed E-state index contributed by atoms with van der Waals surface area (Å²) >= 11 is 0. The van der Waals surface area contributed by atoms with E-state index in [0.717, 1.165) is 29.8 Å². The van der Waals surface area contributed by atoms with Crippen LogP contribution >= 0.6 is 0 Å². The number of rotatable bonds is 5. The smallest absolute Gasteiger partial charge is 0.350 e. The van der Waals surface area contributed by atoms with Gasteiger partial charge in [0.25, 0.3) is 11.8 Å². The number of carbonyl (C=O) groups excluding carboxylic acids is 2. The van der Waals surface area contributed by atoms with E-state index in [2.05, 4.69) is 10.6 Å². The quantitative estimate of drug-likeness (QED) is 0.814. The predicted molar refractivity (Wildman–Crippen MR) is 87.3 cm³/mol. The van der Waals surface area contributed by atoms with Crippen LogP contribution in [0.5, 0.6) is 0 Å². The molecule has 7 heteroatoms. The van der Waals surface area contributed by atoms with Crippen molar-refractivity contribution in [2.75, 3.05) is 13.1 Å². The van der Waals surface area contributed by atoms with Crippen LogP contribution in [0, 0.1) is 6.92 Å². The molecule has 2 N–H and O–H groups in total. The minimum absolute atomic E-state index is 0.123. The third kappa shape index (κ3) is 5.07. The second-order valence-electron chi connectivity index (χ2n) is 5.40. The summed E-state index contributed by atoms with van der Waals surface area (Å²) in [5, 5.41) is 5.22. The average Bonchev–Trinajstić information content (AvgIpc) is 2.58. The Balaban J connectivity index is 1.81. The number of nitrogens with one attached hydrogen (secondary N) is 2. The van der Waals surface area contributed by atoms with Gasteiger partial charge in [-0.05, 0) is 42.8 Å². The molecule has 0 unspecified atom stereocenters. The first-order chi connectivity index (χ1) is 11.8. The molecule has 25 heavy (non-hydrogen) atoms. The molecule has 0 fully saturated rings. The molecular formula is C18H17F3N2O2. The number of aryl methyl sites for hydroxylation is 1. The maximum absolute atomic E-state index is 12.5. The summed E-state index contributed by atoms with van der Waals surface area (Å²) in [4.78, 5) is 23.9. The van der Waals surface area contributed by atoms with Crippen molar-refractivity contribution in [2.24, 2.45) is 0 Å². The Kier molecular flexibility index (Phi) is 5.80.